The Balaban J connectivity index is 2.03. The van der Waals surface area contributed by atoms with E-state index in [2.05, 4.69) is 41.4 Å². The zero-order chi connectivity index (χ0) is 14.4. The predicted octanol–water partition coefficient (Wildman–Crippen LogP) is 3.71. The van der Waals surface area contributed by atoms with Crippen LogP contribution in [0.15, 0.2) is 6.33 Å². The van der Waals surface area contributed by atoms with Crippen molar-refractivity contribution in [3.63, 3.8) is 0 Å². The summed E-state index contributed by atoms with van der Waals surface area (Å²) in [4.78, 5) is 8.84. The minimum atomic E-state index is 0.803. The molecule has 112 valence electrons. The normalized spacial score (nSPS) is 21.9. The van der Waals surface area contributed by atoms with E-state index in [0.717, 1.165) is 49.4 Å². The number of anilines is 2. The predicted molar refractivity (Wildman–Crippen MR) is 85.2 cm³/mol. The fourth-order valence-corrected chi connectivity index (χ4v) is 3.12. The molecule has 1 aromatic heterocycles. The quantitative estimate of drug-likeness (QED) is 0.797. The summed E-state index contributed by atoms with van der Waals surface area (Å²) in [5.74, 6) is 3.71. The molecule has 0 amide bonds. The van der Waals surface area contributed by atoms with Crippen LogP contribution in [0.2, 0.25) is 0 Å². The molecule has 2 rings (SSSR count). The second-order valence-electron chi connectivity index (χ2n) is 5.99. The third-order valence-corrected chi connectivity index (χ3v) is 4.15. The zero-order valence-electron chi connectivity index (χ0n) is 13.1. The molecule has 0 bridgehead atoms. The van der Waals surface area contributed by atoms with Crippen LogP contribution in [-0.2, 0) is 6.42 Å². The molecule has 1 aromatic rings. The lowest BCUT2D eigenvalue weighted by Crippen LogP contribution is -2.15. The van der Waals surface area contributed by atoms with E-state index < -0.39 is 0 Å². The van der Waals surface area contributed by atoms with Crippen LogP contribution in [-0.4, -0.2) is 23.1 Å². The van der Waals surface area contributed by atoms with E-state index in [1.807, 2.05) is 0 Å². The zero-order valence-corrected chi connectivity index (χ0v) is 13.1. The van der Waals surface area contributed by atoms with Crippen LogP contribution in [0.25, 0.3) is 0 Å². The molecule has 0 aliphatic heterocycles. The first-order valence-corrected chi connectivity index (χ1v) is 8.06. The fraction of sp³-hybridized carbons (Fsp3) is 0.750. The van der Waals surface area contributed by atoms with Crippen molar-refractivity contribution >= 4 is 11.6 Å². The van der Waals surface area contributed by atoms with Gasteiger partial charge in [0.25, 0.3) is 0 Å². The maximum atomic E-state index is 4.46. The molecule has 4 nitrogen and oxygen atoms in total. The van der Waals surface area contributed by atoms with Gasteiger partial charge in [-0.1, -0.05) is 26.7 Å². The van der Waals surface area contributed by atoms with Gasteiger partial charge in [-0.25, -0.2) is 9.97 Å². The Labute approximate surface area is 122 Å². The average Bonchev–Trinajstić information content (AvgIpc) is 2.85. The van der Waals surface area contributed by atoms with Gasteiger partial charge in [0.05, 0.1) is 0 Å². The summed E-state index contributed by atoms with van der Waals surface area (Å²) < 4.78 is 0. The van der Waals surface area contributed by atoms with Crippen molar-refractivity contribution < 1.29 is 0 Å². The summed E-state index contributed by atoms with van der Waals surface area (Å²) in [6.07, 6.45) is 7.87. The largest absolute Gasteiger partial charge is 0.370 e. The summed E-state index contributed by atoms with van der Waals surface area (Å²) in [6, 6.07) is 0. The fourth-order valence-electron chi connectivity index (χ4n) is 3.12. The second kappa shape index (κ2) is 7.46. The van der Waals surface area contributed by atoms with Gasteiger partial charge in [0.1, 0.15) is 18.0 Å². The van der Waals surface area contributed by atoms with Gasteiger partial charge in [-0.2, -0.15) is 0 Å². The molecule has 1 fully saturated rings. The Bertz CT molecular complexity index is 419. The highest BCUT2D eigenvalue weighted by atomic mass is 15.1. The molecule has 20 heavy (non-hydrogen) atoms. The average molecular weight is 276 g/mol. The molecule has 2 unspecified atom stereocenters. The monoisotopic (exact) mass is 276 g/mol. The minimum absolute atomic E-state index is 0.803. The van der Waals surface area contributed by atoms with Crippen molar-refractivity contribution in [2.45, 2.75) is 52.9 Å². The Morgan fingerprint density at radius 3 is 2.50 bits per heavy atom. The van der Waals surface area contributed by atoms with Crippen molar-refractivity contribution in [2.24, 2.45) is 11.8 Å². The van der Waals surface area contributed by atoms with E-state index in [0.29, 0.717) is 0 Å². The van der Waals surface area contributed by atoms with E-state index in [4.69, 9.17) is 0 Å². The van der Waals surface area contributed by atoms with Gasteiger partial charge in [0.2, 0.25) is 0 Å². The topological polar surface area (TPSA) is 49.8 Å². The third kappa shape index (κ3) is 3.84. The third-order valence-electron chi connectivity index (χ3n) is 4.15. The molecular formula is C16H28N4. The molecule has 0 radical (unpaired) electrons. The molecule has 2 N–H and O–H groups in total. The number of rotatable bonds is 7. The lowest BCUT2D eigenvalue weighted by Gasteiger charge is -2.16. The molecule has 0 aromatic carbocycles. The maximum absolute atomic E-state index is 4.46. The van der Waals surface area contributed by atoms with Crippen LogP contribution in [0.4, 0.5) is 11.6 Å². The van der Waals surface area contributed by atoms with E-state index >= 15 is 0 Å². The molecule has 1 saturated carbocycles. The van der Waals surface area contributed by atoms with Crippen LogP contribution >= 0.6 is 0 Å². The van der Waals surface area contributed by atoms with Gasteiger partial charge in [-0.3, -0.25) is 0 Å². The first kappa shape index (κ1) is 15.1. The van der Waals surface area contributed by atoms with E-state index in [-0.39, 0.29) is 0 Å². The highest BCUT2D eigenvalue weighted by Crippen LogP contribution is 2.31. The molecule has 0 spiro atoms. The minimum Gasteiger partial charge on any atom is -0.370 e. The molecule has 1 aliphatic carbocycles. The molecule has 2 atom stereocenters. The van der Waals surface area contributed by atoms with Crippen LogP contribution in [0.1, 0.15) is 52.0 Å². The molecule has 1 aliphatic rings. The van der Waals surface area contributed by atoms with E-state index in [9.17, 15) is 0 Å². The Hall–Kier alpha value is -1.32. The first-order chi connectivity index (χ1) is 9.74. The van der Waals surface area contributed by atoms with Crippen LogP contribution in [0.5, 0.6) is 0 Å². The lowest BCUT2D eigenvalue weighted by atomic mass is 10.1. The van der Waals surface area contributed by atoms with Crippen LogP contribution < -0.4 is 10.6 Å². The summed E-state index contributed by atoms with van der Waals surface area (Å²) in [5.41, 5.74) is 1.24. The molecule has 1 heterocycles. The second-order valence-corrected chi connectivity index (χ2v) is 5.99. The number of nitrogens with one attached hydrogen (secondary N) is 2. The SMILES string of the molecule is CCCc1c(NCC)ncnc1NCC1CCC(C)C1. The van der Waals surface area contributed by atoms with Crippen molar-refractivity contribution in [1.29, 1.82) is 0 Å². The smallest absolute Gasteiger partial charge is 0.134 e. The van der Waals surface area contributed by atoms with E-state index in [1.54, 1.807) is 6.33 Å². The van der Waals surface area contributed by atoms with Gasteiger partial charge in [0.15, 0.2) is 0 Å². The van der Waals surface area contributed by atoms with Gasteiger partial charge in [-0.15, -0.1) is 0 Å². The van der Waals surface area contributed by atoms with Crippen molar-refractivity contribution in [3.8, 4) is 0 Å². The number of hydrogen-bond acceptors (Lipinski definition) is 4. The first-order valence-electron chi connectivity index (χ1n) is 8.06. The Morgan fingerprint density at radius 1 is 1.15 bits per heavy atom. The van der Waals surface area contributed by atoms with Crippen LogP contribution in [0.3, 0.4) is 0 Å². The number of hydrogen-bond donors (Lipinski definition) is 2. The standard InChI is InChI=1S/C16H28N4/c1-4-6-14-15(17-5-2)19-11-20-16(14)18-10-13-8-7-12(3)9-13/h11-13H,4-10H2,1-3H3,(H2,17,18,19,20). The van der Waals surface area contributed by atoms with Crippen molar-refractivity contribution in [2.75, 3.05) is 23.7 Å². The summed E-state index contributed by atoms with van der Waals surface area (Å²) >= 11 is 0. The van der Waals surface area contributed by atoms with Gasteiger partial charge >= 0.3 is 0 Å². The summed E-state index contributed by atoms with van der Waals surface area (Å²) in [6.45, 7) is 8.60. The Morgan fingerprint density at radius 2 is 1.90 bits per heavy atom. The number of nitrogens with zero attached hydrogens (tertiary/aromatic N) is 2. The Kier molecular flexibility index (Phi) is 5.62. The maximum Gasteiger partial charge on any atom is 0.134 e. The number of aromatic nitrogens is 2. The van der Waals surface area contributed by atoms with Crippen molar-refractivity contribution in [3.05, 3.63) is 11.9 Å². The van der Waals surface area contributed by atoms with Crippen molar-refractivity contribution in [1.82, 2.24) is 9.97 Å². The molecule has 4 heteroatoms. The van der Waals surface area contributed by atoms with Gasteiger partial charge in [0, 0.05) is 18.7 Å². The van der Waals surface area contributed by atoms with Crippen LogP contribution in [0, 0.1) is 11.8 Å². The molecular weight excluding hydrogens is 248 g/mol. The highest BCUT2D eigenvalue weighted by molar-refractivity contribution is 5.57. The summed E-state index contributed by atoms with van der Waals surface area (Å²) in [5, 5.41) is 6.91. The highest BCUT2D eigenvalue weighted by Gasteiger charge is 2.21. The van der Waals surface area contributed by atoms with E-state index in [1.165, 1.54) is 24.8 Å². The van der Waals surface area contributed by atoms with Gasteiger partial charge in [-0.05, 0) is 38.0 Å². The lowest BCUT2D eigenvalue weighted by molar-refractivity contribution is 0.536. The summed E-state index contributed by atoms with van der Waals surface area (Å²) in [7, 11) is 0. The van der Waals surface area contributed by atoms with Gasteiger partial charge < -0.3 is 10.6 Å². The molecule has 0 saturated heterocycles.